The van der Waals surface area contributed by atoms with E-state index in [0.29, 0.717) is 11.6 Å². The summed E-state index contributed by atoms with van der Waals surface area (Å²) in [5, 5.41) is 4.39. The van der Waals surface area contributed by atoms with Crippen LogP contribution in [0.3, 0.4) is 0 Å². The number of imidazole rings is 1. The molecular weight excluding hydrogens is 244 g/mol. The number of aromatic nitrogens is 4. The highest BCUT2D eigenvalue weighted by Gasteiger charge is 2.11. The zero-order valence-electron chi connectivity index (χ0n) is 10.6. The van der Waals surface area contributed by atoms with Crippen LogP contribution in [-0.2, 0) is 0 Å². The number of benzene rings is 1. The van der Waals surface area contributed by atoms with Crippen LogP contribution < -0.4 is 9.47 Å². The Hall–Kier alpha value is -2.63. The van der Waals surface area contributed by atoms with E-state index in [-0.39, 0.29) is 0 Å². The Morgan fingerprint density at radius 2 is 1.95 bits per heavy atom. The van der Waals surface area contributed by atoms with E-state index in [4.69, 9.17) is 9.47 Å². The Kier molecular flexibility index (Phi) is 2.75. The zero-order chi connectivity index (χ0) is 13.2. The monoisotopic (exact) mass is 256 g/mol. The molecule has 0 N–H and O–H groups in total. The summed E-state index contributed by atoms with van der Waals surface area (Å²) in [4.78, 5) is 8.17. The van der Waals surface area contributed by atoms with Gasteiger partial charge in [0.1, 0.15) is 29.2 Å². The molecule has 0 aliphatic carbocycles. The largest absolute Gasteiger partial charge is 0.497 e. The number of methoxy groups -OCH3 is 2. The van der Waals surface area contributed by atoms with Gasteiger partial charge in [-0.05, 0) is 18.2 Å². The van der Waals surface area contributed by atoms with Gasteiger partial charge in [-0.1, -0.05) is 0 Å². The SMILES string of the molecule is COc1ccc(-n2ccc3ncnc-3n2)c(OC)c1. The Morgan fingerprint density at radius 3 is 2.74 bits per heavy atom. The van der Waals surface area contributed by atoms with Gasteiger partial charge in [0.15, 0.2) is 5.82 Å². The summed E-state index contributed by atoms with van der Waals surface area (Å²) < 4.78 is 12.2. The van der Waals surface area contributed by atoms with Crippen LogP contribution in [0, 0.1) is 0 Å². The first kappa shape index (κ1) is 11.5. The lowest BCUT2D eigenvalue weighted by Crippen LogP contribution is -2.04. The van der Waals surface area contributed by atoms with Crippen LogP contribution in [0.2, 0.25) is 0 Å². The van der Waals surface area contributed by atoms with Crippen LogP contribution in [0.15, 0.2) is 36.8 Å². The molecule has 0 unspecified atom stereocenters. The molecule has 1 aromatic carbocycles. The van der Waals surface area contributed by atoms with Gasteiger partial charge >= 0.3 is 0 Å². The Labute approximate surface area is 110 Å². The van der Waals surface area contributed by atoms with Gasteiger partial charge in [0.2, 0.25) is 0 Å². The van der Waals surface area contributed by atoms with Crippen molar-refractivity contribution in [3.05, 3.63) is 36.8 Å². The van der Waals surface area contributed by atoms with Crippen LogP contribution >= 0.6 is 0 Å². The van der Waals surface area contributed by atoms with Crippen molar-refractivity contribution in [1.82, 2.24) is 19.7 Å². The minimum absolute atomic E-state index is 0.598. The van der Waals surface area contributed by atoms with E-state index in [1.165, 1.54) is 6.33 Å². The molecule has 6 heteroatoms. The van der Waals surface area contributed by atoms with Gasteiger partial charge < -0.3 is 9.47 Å². The molecule has 0 aromatic heterocycles. The summed E-state index contributed by atoms with van der Waals surface area (Å²) in [6, 6.07) is 7.41. The molecular formula is C13H12N4O2. The van der Waals surface area contributed by atoms with Crippen molar-refractivity contribution < 1.29 is 9.47 Å². The Balaban J connectivity index is 2.13. The van der Waals surface area contributed by atoms with Crippen LogP contribution in [0.4, 0.5) is 0 Å². The maximum absolute atomic E-state index is 5.36. The van der Waals surface area contributed by atoms with Crippen molar-refractivity contribution in [2.24, 2.45) is 0 Å². The standard InChI is InChI=1S/C13H12N4O2/c1-18-9-3-4-11(12(7-9)19-2)17-6-5-10-13(16-17)15-8-14-10/h3-8H,1-2H3. The molecule has 2 aliphatic heterocycles. The van der Waals surface area contributed by atoms with Gasteiger partial charge in [0, 0.05) is 12.3 Å². The van der Waals surface area contributed by atoms with E-state index in [1.807, 2.05) is 30.5 Å². The Morgan fingerprint density at radius 1 is 1.05 bits per heavy atom. The smallest absolute Gasteiger partial charge is 0.200 e. The number of ether oxygens (including phenoxy) is 2. The number of nitrogens with zero attached hydrogens (tertiary/aromatic N) is 4. The molecule has 0 radical (unpaired) electrons. The van der Waals surface area contributed by atoms with Crippen molar-refractivity contribution in [3.8, 4) is 28.7 Å². The summed E-state index contributed by atoms with van der Waals surface area (Å²) >= 11 is 0. The third kappa shape index (κ3) is 1.97. The summed E-state index contributed by atoms with van der Waals surface area (Å²) in [6.45, 7) is 0. The van der Waals surface area contributed by atoms with Crippen LogP contribution in [-0.4, -0.2) is 34.0 Å². The molecule has 3 rings (SSSR count). The van der Waals surface area contributed by atoms with E-state index >= 15 is 0 Å². The minimum Gasteiger partial charge on any atom is -0.497 e. The predicted molar refractivity (Wildman–Crippen MR) is 68.9 cm³/mol. The molecule has 6 nitrogen and oxygen atoms in total. The van der Waals surface area contributed by atoms with Gasteiger partial charge in [-0.2, -0.15) is 0 Å². The van der Waals surface area contributed by atoms with Gasteiger partial charge in [-0.15, -0.1) is 5.10 Å². The maximum Gasteiger partial charge on any atom is 0.200 e. The van der Waals surface area contributed by atoms with Crippen LogP contribution in [0.1, 0.15) is 0 Å². The highest BCUT2D eigenvalue weighted by Crippen LogP contribution is 2.27. The lowest BCUT2D eigenvalue weighted by Gasteiger charge is -2.12. The second kappa shape index (κ2) is 4.56. The second-order valence-corrected chi connectivity index (χ2v) is 3.88. The topological polar surface area (TPSA) is 62.1 Å². The van der Waals surface area contributed by atoms with E-state index in [2.05, 4.69) is 15.1 Å². The first-order valence-corrected chi connectivity index (χ1v) is 5.70. The van der Waals surface area contributed by atoms with Crippen molar-refractivity contribution in [2.45, 2.75) is 0 Å². The van der Waals surface area contributed by atoms with Crippen molar-refractivity contribution in [2.75, 3.05) is 14.2 Å². The molecule has 0 amide bonds. The normalized spacial score (nSPS) is 10.6. The molecule has 1 aromatic rings. The fraction of sp³-hybridized carbons (Fsp3) is 0.154. The fourth-order valence-electron chi connectivity index (χ4n) is 1.85. The average Bonchev–Trinajstić information content (AvgIpc) is 2.93. The second-order valence-electron chi connectivity index (χ2n) is 3.88. The van der Waals surface area contributed by atoms with E-state index in [1.54, 1.807) is 18.9 Å². The van der Waals surface area contributed by atoms with Gasteiger partial charge in [0.25, 0.3) is 0 Å². The van der Waals surface area contributed by atoms with Gasteiger partial charge in [-0.25, -0.2) is 14.6 Å². The third-order valence-electron chi connectivity index (χ3n) is 2.82. The molecule has 0 spiro atoms. The highest BCUT2D eigenvalue weighted by molar-refractivity contribution is 5.53. The predicted octanol–water partition coefficient (Wildman–Crippen LogP) is 1.78. The average molecular weight is 256 g/mol. The zero-order valence-corrected chi connectivity index (χ0v) is 10.6. The maximum atomic E-state index is 5.36. The minimum atomic E-state index is 0.598. The molecule has 19 heavy (non-hydrogen) atoms. The quantitative estimate of drug-likeness (QED) is 0.714. The molecule has 0 saturated heterocycles. The molecule has 2 aliphatic rings. The summed E-state index contributed by atoms with van der Waals surface area (Å²) in [5.74, 6) is 2.01. The third-order valence-corrected chi connectivity index (χ3v) is 2.82. The van der Waals surface area contributed by atoms with E-state index in [9.17, 15) is 0 Å². The molecule has 96 valence electrons. The highest BCUT2D eigenvalue weighted by atomic mass is 16.5. The number of hydrogen-bond donors (Lipinski definition) is 0. The molecule has 0 saturated carbocycles. The molecule has 0 fully saturated rings. The Bertz CT molecular complexity index is 680. The fourth-order valence-corrected chi connectivity index (χ4v) is 1.85. The van der Waals surface area contributed by atoms with Crippen LogP contribution in [0.25, 0.3) is 17.2 Å². The molecule has 2 heterocycles. The van der Waals surface area contributed by atoms with Crippen molar-refractivity contribution in [1.29, 1.82) is 0 Å². The summed E-state index contributed by atoms with van der Waals surface area (Å²) in [6.07, 6.45) is 3.31. The lowest BCUT2D eigenvalue weighted by molar-refractivity contribution is 0.392. The van der Waals surface area contributed by atoms with Crippen LogP contribution in [0.5, 0.6) is 11.5 Å². The first-order valence-electron chi connectivity index (χ1n) is 5.70. The molecule has 0 atom stereocenters. The van der Waals surface area contributed by atoms with Gasteiger partial charge in [0.05, 0.1) is 14.2 Å². The molecule has 0 bridgehead atoms. The van der Waals surface area contributed by atoms with E-state index < -0.39 is 0 Å². The number of rotatable bonds is 3. The number of hydrogen-bond acceptors (Lipinski definition) is 5. The first-order chi connectivity index (χ1) is 9.31. The summed E-state index contributed by atoms with van der Waals surface area (Å²) in [7, 11) is 3.23. The van der Waals surface area contributed by atoms with Crippen molar-refractivity contribution in [3.63, 3.8) is 0 Å². The van der Waals surface area contributed by atoms with E-state index in [0.717, 1.165) is 17.1 Å². The lowest BCUT2D eigenvalue weighted by atomic mass is 10.2. The van der Waals surface area contributed by atoms with Crippen molar-refractivity contribution >= 4 is 0 Å². The number of fused-ring (bicyclic) bond motifs is 1. The summed E-state index contributed by atoms with van der Waals surface area (Å²) in [5.41, 5.74) is 1.58. The van der Waals surface area contributed by atoms with Gasteiger partial charge in [-0.3, -0.25) is 0 Å².